The van der Waals surface area contributed by atoms with Gasteiger partial charge in [-0.2, -0.15) is 0 Å². The number of ether oxygens (including phenoxy) is 1. The van der Waals surface area contributed by atoms with Gasteiger partial charge >= 0.3 is 0 Å². The highest BCUT2D eigenvalue weighted by atomic mass is 16.5. The van der Waals surface area contributed by atoms with E-state index in [1.165, 1.54) is 0 Å². The molecule has 4 heteroatoms. The van der Waals surface area contributed by atoms with Crippen LogP contribution in [-0.2, 0) is 15.1 Å². The summed E-state index contributed by atoms with van der Waals surface area (Å²) in [5.41, 5.74) is 0.719. The van der Waals surface area contributed by atoms with Gasteiger partial charge in [0.25, 0.3) is 11.9 Å². The van der Waals surface area contributed by atoms with E-state index in [1.54, 1.807) is 4.90 Å². The summed E-state index contributed by atoms with van der Waals surface area (Å²) >= 11 is 0. The van der Waals surface area contributed by atoms with Gasteiger partial charge in [0.1, 0.15) is 6.61 Å². The minimum Gasteiger partial charge on any atom is -0.463 e. The van der Waals surface area contributed by atoms with Crippen LogP contribution in [0, 0.1) is 0 Å². The zero-order valence-electron chi connectivity index (χ0n) is 11.4. The molecule has 21 heavy (non-hydrogen) atoms. The normalized spacial score (nSPS) is 19.1. The van der Waals surface area contributed by atoms with Crippen molar-refractivity contribution in [3.63, 3.8) is 0 Å². The van der Waals surface area contributed by atoms with E-state index in [-0.39, 0.29) is 5.91 Å². The molecule has 4 nitrogen and oxygen atoms in total. The number of carbonyl (C=O) groups is 1. The molecule has 0 N–H and O–H groups in total. The maximum absolute atomic E-state index is 13.0. The molecule has 0 unspecified atom stereocenters. The van der Waals surface area contributed by atoms with Crippen LogP contribution in [0.25, 0.3) is 0 Å². The van der Waals surface area contributed by atoms with Crippen LogP contribution < -0.4 is 0 Å². The summed E-state index contributed by atoms with van der Waals surface area (Å²) in [5.74, 6) is -0.0348. The highest BCUT2D eigenvalue weighted by Crippen LogP contribution is 2.41. The molecule has 4 rings (SSSR count). The zero-order chi connectivity index (χ0) is 14.3. The first kappa shape index (κ1) is 12.1. The minimum atomic E-state index is -1.02. The van der Waals surface area contributed by atoms with E-state index < -0.39 is 5.54 Å². The summed E-state index contributed by atoms with van der Waals surface area (Å²) in [6.45, 7) is 1.09. The van der Waals surface area contributed by atoms with Gasteiger partial charge in [0, 0.05) is 0 Å². The molecule has 0 saturated carbocycles. The summed E-state index contributed by atoms with van der Waals surface area (Å²) in [6.07, 6.45) is 0. The predicted octanol–water partition coefficient (Wildman–Crippen LogP) is 2.16. The molecule has 1 fully saturated rings. The van der Waals surface area contributed by atoms with E-state index in [4.69, 9.17) is 4.74 Å². The zero-order valence-corrected chi connectivity index (χ0v) is 11.4. The quantitative estimate of drug-likeness (QED) is 0.844. The molecule has 104 valence electrons. The van der Waals surface area contributed by atoms with Crippen LogP contribution in [0.5, 0.6) is 0 Å². The molecule has 0 bridgehead atoms. The molecule has 2 aliphatic rings. The molecule has 0 atom stereocenters. The summed E-state index contributed by atoms with van der Waals surface area (Å²) in [6, 6.07) is 19.8. The molecule has 0 aromatic heterocycles. The summed E-state index contributed by atoms with van der Waals surface area (Å²) < 4.78 is 5.50. The van der Waals surface area contributed by atoms with E-state index >= 15 is 0 Å². The Labute approximate surface area is 122 Å². The number of amidine groups is 1. The maximum Gasteiger partial charge on any atom is 0.296 e. The van der Waals surface area contributed by atoms with Gasteiger partial charge in [-0.1, -0.05) is 60.7 Å². The van der Waals surface area contributed by atoms with Crippen molar-refractivity contribution in [2.24, 2.45) is 4.99 Å². The lowest BCUT2D eigenvalue weighted by Crippen LogP contribution is -2.40. The second-order valence-corrected chi connectivity index (χ2v) is 5.14. The van der Waals surface area contributed by atoms with E-state index in [2.05, 4.69) is 4.99 Å². The Hall–Kier alpha value is -2.62. The Morgan fingerprint density at radius 3 is 2.05 bits per heavy atom. The van der Waals surface area contributed by atoms with Crippen molar-refractivity contribution >= 4 is 11.9 Å². The fraction of sp³-hybridized carbons (Fsp3) is 0.176. The van der Waals surface area contributed by atoms with E-state index in [9.17, 15) is 4.79 Å². The Morgan fingerprint density at radius 1 is 0.952 bits per heavy atom. The lowest BCUT2D eigenvalue weighted by Gasteiger charge is -2.26. The molecule has 0 aliphatic carbocycles. The number of hydrogen-bond donors (Lipinski definition) is 0. The van der Waals surface area contributed by atoms with Crippen LogP contribution in [0.15, 0.2) is 65.7 Å². The van der Waals surface area contributed by atoms with E-state index in [0.29, 0.717) is 19.2 Å². The van der Waals surface area contributed by atoms with Gasteiger partial charge in [-0.25, -0.2) is 4.99 Å². The molecule has 2 heterocycles. The number of rotatable bonds is 2. The highest BCUT2D eigenvalue weighted by molar-refractivity contribution is 6.08. The number of nitrogens with zero attached hydrogens (tertiary/aromatic N) is 2. The molecular formula is C17H14N2O2. The average molecular weight is 278 g/mol. The molecule has 2 aliphatic heterocycles. The number of hydrogen-bond acceptors (Lipinski definition) is 3. The van der Waals surface area contributed by atoms with Gasteiger partial charge in [-0.3, -0.25) is 9.69 Å². The SMILES string of the molecule is O=C1N2CCOC2=NC1(c1ccccc1)c1ccccc1. The second kappa shape index (κ2) is 4.45. The second-order valence-electron chi connectivity index (χ2n) is 5.14. The third-order valence-corrected chi connectivity index (χ3v) is 3.98. The standard InChI is InChI=1S/C17H14N2O2/c20-15-17(13-7-3-1-4-8-13,14-9-5-2-6-10-14)18-16-19(15)11-12-21-16/h1-10H,11-12H2. The summed E-state index contributed by atoms with van der Waals surface area (Å²) in [5, 5.41) is 0. The van der Waals surface area contributed by atoms with Crippen LogP contribution in [0.4, 0.5) is 0 Å². The van der Waals surface area contributed by atoms with Crippen molar-refractivity contribution in [1.82, 2.24) is 4.90 Å². The third-order valence-electron chi connectivity index (χ3n) is 3.98. The molecule has 0 spiro atoms. The molecule has 1 saturated heterocycles. The van der Waals surface area contributed by atoms with Gasteiger partial charge in [0.05, 0.1) is 6.54 Å². The third kappa shape index (κ3) is 1.62. The lowest BCUT2D eigenvalue weighted by molar-refractivity contribution is -0.129. The smallest absolute Gasteiger partial charge is 0.296 e. The van der Waals surface area contributed by atoms with Gasteiger partial charge in [0.15, 0.2) is 5.54 Å². The molecule has 1 amide bonds. The van der Waals surface area contributed by atoms with Crippen LogP contribution >= 0.6 is 0 Å². The monoisotopic (exact) mass is 278 g/mol. The summed E-state index contributed by atoms with van der Waals surface area (Å²) in [4.78, 5) is 19.4. The highest BCUT2D eigenvalue weighted by Gasteiger charge is 2.53. The first-order valence-corrected chi connectivity index (χ1v) is 6.98. The van der Waals surface area contributed by atoms with Gasteiger partial charge in [-0.15, -0.1) is 0 Å². The predicted molar refractivity (Wildman–Crippen MR) is 78.8 cm³/mol. The van der Waals surface area contributed by atoms with Crippen molar-refractivity contribution in [2.45, 2.75) is 5.54 Å². The average Bonchev–Trinajstić information content (AvgIpc) is 3.11. The molecule has 0 radical (unpaired) electrons. The van der Waals surface area contributed by atoms with Crippen molar-refractivity contribution in [3.05, 3.63) is 71.8 Å². The first-order chi connectivity index (χ1) is 10.3. The fourth-order valence-electron chi connectivity index (χ4n) is 2.97. The fourth-order valence-corrected chi connectivity index (χ4v) is 2.97. The molecule has 2 aromatic carbocycles. The number of amides is 1. The topological polar surface area (TPSA) is 41.9 Å². The van der Waals surface area contributed by atoms with E-state index in [1.807, 2.05) is 60.7 Å². The Kier molecular flexibility index (Phi) is 2.57. The van der Waals surface area contributed by atoms with Crippen molar-refractivity contribution in [2.75, 3.05) is 13.2 Å². The van der Waals surface area contributed by atoms with Gasteiger partial charge in [-0.05, 0) is 11.1 Å². The largest absolute Gasteiger partial charge is 0.463 e. The number of fused-ring (bicyclic) bond motifs is 1. The lowest BCUT2D eigenvalue weighted by atomic mass is 9.83. The van der Waals surface area contributed by atoms with Crippen LogP contribution in [0.3, 0.4) is 0 Å². The maximum atomic E-state index is 13.0. The van der Waals surface area contributed by atoms with Gasteiger partial charge < -0.3 is 4.74 Å². The van der Waals surface area contributed by atoms with Crippen LogP contribution in [0.2, 0.25) is 0 Å². The van der Waals surface area contributed by atoms with Gasteiger partial charge in [0.2, 0.25) is 0 Å². The van der Waals surface area contributed by atoms with Crippen LogP contribution in [-0.4, -0.2) is 30.0 Å². The van der Waals surface area contributed by atoms with Crippen molar-refractivity contribution in [3.8, 4) is 0 Å². The number of benzene rings is 2. The Bertz CT molecular complexity index is 671. The molecular weight excluding hydrogens is 264 g/mol. The summed E-state index contributed by atoms with van der Waals surface area (Å²) in [7, 11) is 0. The Morgan fingerprint density at radius 2 is 1.52 bits per heavy atom. The van der Waals surface area contributed by atoms with Crippen LogP contribution in [0.1, 0.15) is 11.1 Å². The Balaban J connectivity index is 1.97. The van der Waals surface area contributed by atoms with E-state index in [0.717, 1.165) is 11.1 Å². The van der Waals surface area contributed by atoms with Crippen molar-refractivity contribution < 1.29 is 9.53 Å². The number of aliphatic imine (C=N–C) groups is 1. The number of carbonyl (C=O) groups excluding carboxylic acids is 1. The van der Waals surface area contributed by atoms with Crippen molar-refractivity contribution in [1.29, 1.82) is 0 Å². The molecule has 2 aromatic rings. The first-order valence-electron chi connectivity index (χ1n) is 6.98. The minimum absolute atomic E-state index is 0.0348.